The molecule has 1 aromatic heterocycles. The maximum Gasteiger partial charge on any atom is 0.138 e. The molecular weight excluding hydrogens is 474 g/mol. The van der Waals surface area contributed by atoms with E-state index in [0.717, 1.165) is 27.4 Å². The van der Waals surface area contributed by atoms with Crippen molar-refractivity contribution in [2.75, 3.05) is 13.1 Å². The molecule has 3 nitrogen and oxygen atoms in total. The molecule has 2 aliphatic carbocycles. The van der Waals surface area contributed by atoms with E-state index < -0.39 is 0 Å². The summed E-state index contributed by atoms with van der Waals surface area (Å²) in [5, 5.41) is 0.726. The summed E-state index contributed by atoms with van der Waals surface area (Å²) in [6.07, 6.45) is 9.87. The number of allylic oxidation sites excluding steroid dienone is 1. The van der Waals surface area contributed by atoms with Gasteiger partial charge in [0.2, 0.25) is 0 Å². The van der Waals surface area contributed by atoms with E-state index >= 15 is 0 Å². The van der Waals surface area contributed by atoms with Gasteiger partial charge in [-0.15, -0.1) is 0 Å². The summed E-state index contributed by atoms with van der Waals surface area (Å²) in [5.74, 6) is 1.53. The third kappa shape index (κ3) is 3.78. The quantitative estimate of drug-likeness (QED) is 0.304. The van der Waals surface area contributed by atoms with Crippen LogP contribution >= 0.6 is 11.6 Å². The number of piperidine rings is 1. The summed E-state index contributed by atoms with van der Waals surface area (Å²) in [5.41, 5.74) is 7.92. The van der Waals surface area contributed by atoms with Crippen molar-refractivity contribution in [3.63, 3.8) is 0 Å². The summed E-state index contributed by atoms with van der Waals surface area (Å²) in [6.45, 7) is 7.32. The van der Waals surface area contributed by atoms with Gasteiger partial charge in [0.05, 0.1) is 11.0 Å². The minimum Gasteiger partial charge on any atom is -0.338 e. The van der Waals surface area contributed by atoms with E-state index in [9.17, 15) is 0 Å². The number of aromatic nitrogens is 2. The molecular formula is C33H34ClN3. The van der Waals surface area contributed by atoms with Gasteiger partial charge < -0.3 is 9.88 Å². The van der Waals surface area contributed by atoms with Crippen LogP contribution in [0.5, 0.6) is 0 Å². The van der Waals surface area contributed by atoms with Gasteiger partial charge in [0, 0.05) is 28.6 Å². The normalized spacial score (nSPS) is 29.4. The third-order valence-corrected chi connectivity index (χ3v) is 9.99. The minimum atomic E-state index is 0.225. The van der Waals surface area contributed by atoms with Crippen molar-refractivity contribution in [2.45, 2.75) is 56.4 Å². The zero-order chi connectivity index (χ0) is 25.2. The Balaban J connectivity index is 1.06. The highest BCUT2D eigenvalue weighted by atomic mass is 35.5. The smallest absolute Gasteiger partial charge is 0.138 e. The second kappa shape index (κ2) is 8.58. The first-order valence-electron chi connectivity index (χ1n) is 13.7. The molecule has 1 saturated heterocycles. The maximum absolute atomic E-state index is 6.16. The van der Waals surface area contributed by atoms with Gasteiger partial charge >= 0.3 is 0 Å². The van der Waals surface area contributed by atoms with Gasteiger partial charge in [-0.05, 0) is 78.5 Å². The lowest BCUT2D eigenvalue weighted by Gasteiger charge is -2.46. The molecule has 188 valence electrons. The highest BCUT2D eigenvalue weighted by Gasteiger charge is 2.46. The predicted molar refractivity (Wildman–Crippen MR) is 154 cm³/mol. The number of aromatic amines is 1. The van der Waals surface area contributed by atoms with Crippen molar-refractivity contribution in [1.29, 1.82) is 0 Å². The van der Waals surface area contributed by atoms with Gasteiger partial charge in [-0.2, -0.15) is 0 Å². The summed E-state index contributed by atoms with van der Waals surface area (Å²) in [4.78, 5) is 11.0. The molecule has 7 rings (SSSR count). The fourth-order valence-electron chi connectivity index (χ4n) is 7.49. The Morgan fingerprint density at radius 2 is 1.86 bits per heavy atom. The van der Waals surface area contributed by atoms with E-state index in [1.54, 1.807) is 5.56 Å². The molecule has 0 bridgehead atoms. The van der Waals surface area contributed by atoms with E-state index in [4.69, 9.17) is 16.6 Å². The minimum absolute atomic E-state index is 0.225. The van der Waals surface area contributed by atoms with Crippen molar-refractivity contribution >= 4 is 28.7 Å². The monoisotopic (exact) mass is 507 g/mol. The first-order chi connectivity index (χ1) is 17.9. The van der Waals surface area contributed by atoms with E-state index in [2.05, 4.69) is 84.4 Å². The molecule has 2 fully saturated rings. The van der Waals surface area contributed by atoms with Crippen LogP contribution in [0.15, 0.2) is 72.8 Å². The number of likely N-dealkylation sites (tertiary alicyclic amines) is 1. The summed E-state index contributed by atoms with van der Waals surface area (Å²) < 4.78 is 0. The Morgan fingerprint density at radius 1 is 1.03 bits per heavy atom. The Hall–Kier alpha value is -2.88. The first-order valence-corrected chi connectivity index (χ1v) is 14.1. The number of nitrogens with zero attached hydrogens (tertiary/aromatic N) is 2. The highest BCUT2D eigenvalue weighted by Crippen LogP contribution is 2.49. The summed E-state index contributed by atoms with van der Waals surface area (Å²) >= 11 is 6.16. The number of benzene rings is 3. The molecule has 37 heavy (non-hydrogen) atoms. The summed E-state index contributed by atoms with van der Waals surface area (Å²) in [7, 11) is 0. The topological polar surface area (TPSA) is 31.9 Å². The van der Waals surface area contributed by atoms with Crippen LogP contribution in [0.1, 0.15) is 56.2 Å². The molecule has 1 saturated carbocycles. The average Bonchev–Trinajstić information content (AvgIpc) is 3.62. The summed E-state index contributed by atoms with van der Waals surface area (Å²) in [6, 6.07) is 24.6. The number of imidazole rings is 1. The number of H-pyrrole nitrogens is 1. The predicted octanol–water partition coefficient (Wildman–Crippen LogP) is 8.00. The lowest BCUT2D eigenvalue weighted by atomic mass is 9.67. The van der Waals surface area contributed by atoms with Gasteiger partial charge in [0.15, 0.2) is 0 Å². The molecule has 1 aliphatic heterocycles. The standard InChI is InChI=1S/C33H34ClN3/c1-22-21-37(18-17-33(22)16-13-23-5-3-4-6-28(23)33)27-14-15-32(2,20-27)25-9-7-24(8-10-25)31-35-29-12-11-26(34)19-30(29)36-31/h3-13,16,19,22,27H,14-15,17-18,20-21H2,1-2H3,(H,35,36). The molecule has 0 radical (unpaired) electrons. The van der Waals surface area contributed by atoms with Crippen LogP contribution in [-0.2, 0) is 10.8 Å². The lowest BCUT2D eigenvalue weighted by molar-refractivity contribution is 0.0879. The largest absolute Gasteiger partial charge is 0.338 e. The maximum atomic E-state index is 6.16. The Morgan fingerprint density at radius 3 is 2.70 bits per heavy atom. The van der Waals surface area contributed by atoms with Crippen LogP contribution in [0, 0.1) is 5.92 Å². The van der Waals surface area contributed by atoms with Crippen LogP contribution in [-0.4, -0.2) is 34.0 Å². The molecule has 4 aromatic rings. The van der Waals surface area contributed by atoms with Crippen LogP contribution in [0.2, 0.25) is 5.02 Å². The molecule has 1 N–H and O–H groups in total. The van der Waals surface area contributed by atoms with Crippen molar-refractivity contribution in [3.8, 4) is 11.4 Å². The number of nitrogens with one attached hydrogen (secondary N) is 1. The zero-order valence-corrected chi connectivity index (χ0v) is 22.4. The molecule has 3 aromatic carbocycles. The van der Waals surface area contributed by atoms with Gasteiger partial charge in [-0.1, -0.05) is 86.1 Å². The molecule has 0 amide bonds. The average molecular weight is 508 g/mol. The number of hydrogen-bond acceptors (Lipinski definition) is 2. The number of hydrogen-bond donors (Lipinski definition) is 1. The number of halogens is 1. The SMILES string of the molecule is CC1CN(C2CCC(C)(c3ccc(-c4nc5ccc(Cl)cc5[nH]4)cc3)C2)CCC12C=Cc1ccccc12. The molecule has 3 aliphatic rings. The lowest BCUT2D eigenvalue weighted by Crippen LogP contribution is -2.50. The first kappa shape index (κ1) is 23.3. The van der Waals surface area contributed by atoms with Gasteiger partial charge in [-0.3, -0.25) is 0 Å². The van der Waals surface area contributed by atoms with E-state index in [1.807, 2.05) is 18.2 Å². The second-order valence-corrected chi connectivity index (χ2v) is 12.3. The van der Waals surface area contributed by atoms with E-state index in [0.29, 0.717) is 12.0 Å². The molecule has 4 unspecified atom stereocenters. The highest BCUT2D eigenvalue weighted by molar-refractivity contribution is 6.31. The van der Waals surface area contributed by atoms with Gasteiger partial charge in [0.25, 0.3) is 0 Å². The molecule has 2 heterocycles. The van der Waals surface area contributed by atoms with Crippen LogP contribution in [0.4, 0.5) is 0 Å². The van der Waals surface area contributed by atoms with Crippen LogP contribution in [0.3, 0.4) is 0 Å². The molecule has 4 atom stereocenters. The van der Waals surface area contributed by atoms with Gasteiger partial charge in [-0.25, -0.2) is 4.98 Å². The second-order valence-electron chi connectivity index (χ2n) is 11.9. The fraction of sp³-hybridized carbons (Fsp3) is 0.364. The van der Waals surface area contributed by atoms with Crippen molar-refractivity contribution in [1.82, 2.24) is 14.9 Å². The van der Waals surface area contributed by atoms with Crippen molar-refractivity contribution in [3.05, 3.63) is 94.5 Å². The Kier molecular flexibility index (Phi) is 5.39. The molecule has 4 heteroatoms. The molecule has 1 spiro atoms. The van der Waals surface area contributed by atoms with Gasteiger partial charge in [0.1, 0.15) is 5.82 Å². The van der Waals surface area contributed by atoms with Crippen molar-refractivity contribution < 1.29 is 0 Å². The number of rotatable bonds is 3. The Bertz CT molecular complexity index is 1500. The van der Waals surface area contributed by atoms with Crippen LogP contribution < -0.4 is 0 Å². The Labute approximate surface area is 224 Å². The van der Waals surface area contributed by atoms with Crippen LogP contribution in [0.25, 0.3) is 28.5 Å². The third-order valence-electron chi connectivity index (χ3n) is 9.75. The zero-order valence-electron chi connectivity index (χ0n) is 21.7. The van der Waals surface area contributed by atoms with E-state index in [-0.39, 0.29) is 10.8 Å². The van der Waals surface area contributed by atoms with Crippen molar-refractivity contribution in [2.24, 2.45) is 5.92 Å². The fourth-order valence-corrected chi connectivity index (χ4v) is 7.66. The van der Waals surface area contributed by atoms with E-state index in [1.165, 1.54) is 49.9 Å². The number of fused-ring (bicyclic) bond motifs is 3.